The Morgan fingerprint density at radius 1 is 1.27 bits per heavy atom. The molecule has 120 valence electrons. The second-order valence-corrected chi connectivity index (χ2v) is 9.95. The lowest BCUT2D eigenvalue weighted by molar-refractivity contribution is 0.371. The van der Waals surface area contributed by atoms with E-state index in [-0.39, 0.29) is 4.21 Å². The molecule has 0 aromatic carbocycles. The van der Waals surface area contributed by atoms with Crippen LogP contribution in [0.25, 0.3) is 0 Å². The van der Waals surface area contributed by atoms with Crippen LogP contribution in [0.3, 0.4) is 0 Å². The Hall–Kier alpha value is -0.740. The van der Waals surface area contributed by atoms with Crippen LogP contribution in [-0.4, -0.2) is 29.5 Å². The molecule has 2 rings (SSSR count). The van der Waals surface area contributed by atoms with Crippen molar-refractivity contribution in [3.05, 3.63) is 41.4 Å². The zero-order valence-electron chi connectivity index (χ0n) is 11.1. The van der Waals surface area contributed by atoms with E-state index >= 15 is 0 Å². The molecule has 7 nitrogen and oxygen atoms in total. The van der Waals surface area contributed by atoms with Gasteiger partial charge in [-0.1, -0.05) is 6.07 Å². The summed E-state index contributed by atoms with van der Waals surface area (Å²) in [7, 11) is -8.33. The minimum atomic E-state index is -4.43. The second-order valence-electron chi connectivity index (χ2n) is 4.15. The van der Waals surface area contributed by atoms with Crippen LogP contribution in [0.1, 0.15) is 4.88 Å². The largest absolute Gasteiger partial charge is 0.340 e. The number of nitrogens with one attached hydrogen (secondary N) is 1. The van der Waals surface area contributed by atoms with Crippen molar-refractivity contribution < 1.29 is 22.8 Å². The van der Waals surface area contributed by atoms with Crippen molar-refractivity contribution in [2.75, 3.05) is 6.29 Å². The quantitative estimate of drug-likeness (QED) is 0.496. The van der Waals surface area contributed by atoms with E-state index in [9.17, 15) is 13.0 Å². The highest BCUT2D eigenvalue weighted by molar-refractivity contribution is 7.98. The third kappa shape index (κ3) is 5.47. The van der Waals surface area contributed by atoms with Crippen LogP contribution >= 0.6 is 30.7 Å². The number of nitrogens with zero attached hydrogens (tertiary/aromatic N) is 1. The summed E-state index contributed by atoms with van der Waals surface area (Å²) in [5.74, 6) is 0.565. The number of pyridine rings is 1. The summed E-state index contributed by atoms with van der Waals surface area (Å²) in [5, 5.41) is 0.833. The van der Waals surface area contributed by atoms with Crippen molar-refractivity contribution in [2.45, 2.75) is 15.0 Å². The van der Waals surface area contributed by atoms with Gasteiger partial charge in [0.2, 0.25) is 0 Å². The van der Waals surface area contributed by atoms with Crippen LogP contribution < -0.4 is 4.72 Å². The summed E-state index contributed by atoms with van der Waals surface area (Å²) in [6.45, 7) is 0. The molecule has 3 N–H and O–H groups in total. The van der Waals surface area contributed by atoms with E-state index in [4.69, 9.17) is 9.79 Å². The molecular weight excluding hydrogens is 367 g/mol. The minimum Gasteiger partial charge on any atom is -0.324 e. The predicted octanol–water partition coefficient (Wildman–Crippen LogP) is 1.85. The number of aromatic nitrogens is 1. The summed E-state index contributed by atoms with van der Waals surface area (Å²) < 4.78 is 36.5. The molecule has 0 atom stereocenters. The topological polar surface area (TPSA) is 117 Å². The molecule has 0 saturated heterocycles. The molecule has 0 amide bonds. The lowest BCUT2D eigenvalue weighted by Crippen LogP contribution is -2.23. The van der Waals surface area contributed by atoms with E-state index in [1.807, 2.05) is 22.9 Å². The van der Waals surface area contributed by atoms with Gasteiger partial charge in [0.05, 0.1) is 5.03 Å². The highest BCUT2D eigenvalue weighted by Crippen LogP contribution is 2.33. The SMILES string of the molecule is O=P(O)(O)CNS(=O)(=O)c1ccc(CSc2ccccn2)s1. The van der Waals surface area contributed by atoms with Crippen molar-refractivity contribution in [2.24, 2.45) is 0 Å². The number of rotatable bonds is 7. The number of thiophene rings is 1. The van der Waals surface area contributed by atoms with E-state index in [2.05, 4.69) is 4.98 Å². The summed E-state index contributed by atoms with van der Waals surface area (Å²) in [6, 6.07) is 8.63. The van der Waals surface area contributed by atoms with Crippen molar-refractivity contribution in [3.63, 3.8) is 0 Å². The summed E-state index contributed by atoms with van der Waals surface area (Å²) in [4.78, 5) is 22.4. The third-order valence-electron chi connectivity index (χ3n) is 2.36. The van der Waals surface area contributed by atoms with Crippen LogP contribution in [-0.2, 0) is 20.3 Å². The Kier molecular flexibility index (Phi) is 5.78. The highest BCUT2D eigenvalue weighted by Gasteiger charge is 2.21. The maximum Gasteiger partial charge on any atom is 0.340 e. The van der Waals surface area contributed by atoms with Gasteiger partial charge >= 0.3 is 7.60 Å². The van der Waals surface area contributed by atoms with E-state index in [0.29, 0.717) is 5.75 Å². The molecular formula is C11H13N2O5PS3. The Morgan fingerprint density at radius 3 is 2.68 bits per heavy atom. The molecule has 0 aliphatic rings. The first-order chi connectivity index (χ1) is 10.3. The monoisotopic (exact) mass is 380 g/mol. The van der Waals surface area contributed by atoms with Crippen LogP contribution in [0.4, 0.5) is 0 Å². The molecule has 2 aromatic heterocycles. The standard InChI is InChI=1S/C11H13N2O5PS3/c14-19(15,16)8-13-22(17,18)11-5-4-9(21-11)7-20-10-3-1-2-6-12-10/h1-6,13H,7-8H2,(H2,14,15,16). The first kappa shape index (κ1) is 17.6. The molecule has 11 heteroatoms. The van der Waals surface area contributed by atoms with Crippen LogP contribution in [0.15, 0.2) is 45.8 Å². The molecule has 2 heterocycles. The van der Waals surface area contributed by atoms with Gasteiger partial charge in [0.15, 0.2) is 0 Å². The van der Waals surface area contributed by atoms with E-state index < -0.39 is 23.9 Å². The molecule has 0 bridgehead atoms. The van der Waals surface area contributed by atoms with Gasteiger partial charge in [0.1, 0.15) is 10.5 Å². The average Bonchev–Trinajstić information content (AvgIpc) is 2.93. The average molecular weight is 380 g/mol. The first-order valence-corrected chi connectivity index (χ1v) is 11.0. The predicted molar refractivity (Wildman–Crippen MR) is 85.3 cm³/mol. The maximum atomic E-state index is 11.9. The van der Waals surface area contributed by atoms with Crippen molar-refractivity contribution in [3.8, 4) is 0 Å². The number of hydrogen-bond acceptors (Lipinski definition) is 6. The fourth-order valence-electron chi connectivity index (χ4n) is 1.40. The van der Waals surface area contributed by atoms with Gasteiger partial charge < -0.3 is 9.79 Å². The van der Waals surface area contributed by atoms with Crippen molar-refractivity contribution in [1.29, 1.82) is 0 Å². The van der Waals surface area contributed by atoms with Crippen LogP contribution in [0, 0.1) is 0 Å². The van der Waals surface area contributed by atoms with E-state index in [1.54, 1.807) is 12.3 Å². The Balaban J connectivity index is 2.00. The maximum absolute atomic E-state index is 11.9. The van der Waals surface area contributed by atoms with Crippen molar-refractivity contribution >= 4 is 40.7 Å². The molecule has 2 aromatic rings. The van der Waals surface area contributed by atoms with Gasteiger partial charge in [-0.2, -0.15) is 4.72 Å². The Morgan fingerprint density at radius 2 is 2.05 bits per heavy atom. The van der Waals surface area contributed by atoms with Crippen LogP contribution in [0.5, 0.6) is 0 Å². The highest BCUT2D eigenvalue weighted by atomic mass is 32.2. The summed E-state index contributed by atoms with van der Waals surface area (Å²) >= 11 is 2.53. The lowest BCUT2D eigenvalue weighted by Gasteiger charge is -2.05. The molecule has 0 aliphatic heterocycles. The lowest BCUT2D eigenvalue weighted by atomic mass is 10.5. The van der Waals surface area contributed by atoms with Gasteiger partial charge in [-0.05, 0) is 24.3 Å². The summed E-state index contributed by atoms with van der Waals surface area (Å²) in [5.41, 5.74) is 0. The zero-order valence-corrected chi connectivity index (χ0v) is 14.5. The second kappa shape index (κ2) is 7.22. The molecule has 0 aliphatic carbocycles. The minimum absolute atomic E-state index is 0.0255. The van der Waals surface area contributed by atoms with Gasteiger partial charge in [-0.25, -0.2) is 13.4 Å². The normalized spacial score (nSPS) is 12.5. The Labute approximate surface area is 136 Å². The third-order valence-corrected chi connectivity index (χ3v) is 7.30. The number of thioether (sulfide) groups is 1. The molecule has 22 heavy (non-hydrogen) atoms. The molecule has 0 unspecified atom stereocenters. The summed E-state index contributed by atoms with van der Waals surface area (Å²) in [6.07, 6.45) is 0.768. The molecule has 0 fully saturated rings. The van der Waals surface area contributed by atoms with Gasteiger partial charge in [0.25, 0.3) is 10.0 Å². The van der Waals surface area contributed by atoms with Gasteiger partial charge in [-0.3, -0.25) is 4.57 Å². The fraction of sp³-hybridized carbons (Fsp3) is 0.182. The number of sulfonamides is 1. The fourth-order valence-corrected chi connectivity index (χ4v) is 5.72. The van der Waals surface area contributed by atoms with E-state index in [0.717, 1.165) is 21.2 Å². The van der Waals surface area contributed by atoms with Gasteiger partial charge in [-0.15, -0.1) is 23.1 Å². The molecule has 0 radical (unpaired) electrons. The first-order valence-electron chi connectivity index (χ1n) is 5.93. The smallest absolute Gasteiger partial charge is 0.324 e. The van der Waals surface area contributed by atoms with E-state index in [1.165, 1.54) is 17.8 Å². The van der Waals surface area contributed by atoms with Crippen LogP contribution in [0.2, 0.25) is 0 Å². The van der Waals surface area contributed by atoms with Gasteiger partial charge in [0, 0.05) is 16.8 Å². The molecule has 0 spiro atoms. The zero-order chi connectivity index (χ0) is 16.2. The van der Waals surface area contributed by atoms with Crippen molar-refractivity contribution in [1.82, 2.24) is 9.71 Å². The Bertz CT molecular complexity index is 772. The molecule has 0 saturated carbocycles. The number of hydrogen-bond donors (Lipinski definition) is 3.